The van der Waals surface area contributed by atoms with Crippen LogP contribution in [0.3, 0.4) is 0 Å². The molecule has 0 aliphatic carbocycles. The molecule has 0 fully saturated rings. The van der Waals surface area contributed by atoms with E-state index in [9.17, 15) is 4.79 Å². The van der Waals surface area contributed by atoms with Crippen molar-refractivity contribution >= 4 is 39.3 Å². The van der Waals surface area contributed by atoms with Crippen LogP contribution in [-0.2, 0) is 6.42 Å². The molecule has 0 amide bonds. The van der Waals surface area contributed by atoms with E-state index in [0.717, 1.165) is 21.7 Å². The number of aromatic nitrogens is 3. The van der Waals surface area contributed by atoms with E-state index >= 15 is 0 Å². The number of aryl methyl sites for hydroxylation is 1. The number of hydrogen-bond acceptors (Lipinski definition) is 6. The van der Waals surface area contributed by atoms with E-state index in [0.29, 0.717) is 5.03 Å². The number of fused-ring (bicyclic) bond motifs is 1. The lowest BCUT2D eigenvalue weighted by Gasteiger charge is -2.01. The van der Waals surface area contributed by atoms with Gasteiger partial charge in [-0.25, -0.2) is 19.7 Å². The van der Waals surface area contributed by atoms with Gasteiger partial charge in [-0.2, -0.15) is 0 Å². The molecule has 0 saturated heterocycles. The van der Waals surface area contributed by atoms with Gasteiger partial charge in [-0.1, -0.05) is 6.92 Å². The van der Waals surface area contributed by atoms with E-state index in [-0.39, 0.29) is 5.56 Å². The smallest absolute Gasteiger partial charge is 0.337 e. The zero-order valence-electron chi connectivity index (χ0n) is 11.1. The second-order valence-corrected chi connectivity index (χ2v) is 6.38. The lowest BCUT2D eigenvalue weighted by molar-refractivity contribution is 0.0696. The fourth-order valence-electron chi connectivity index (χ4n) is 1.81. The average molecular weight is 317 g/mol. The Hall–Kier alpha value is -1.99. The van der Waals surface area contributed by atoms with Gasteiger partial charge in [0.05, 0.1) is 5.56 Å². The normalized spacial score (nSPS) is 10.9. The van der Waals surface area contributed by atoms with Crippen molar-refractivity contribution < 1.29 is 9.90 Å². The highest BCUT2D eigenvalue weighted by atomic mass is 32.2. The number of thiophene rings is 1. The van der Waals surface area contributed by atoms with Crippen LogP contribution in [0.25, 0.3) is 10.2 Å². The van der Waals surface area contributed by atoms with Crippen LogP contribution in [0.15, 0.2) is 40.8 Å². The molecule has 3 rings (SSSR count). The topological polar surface area (TPSA) is 76.0 Å². The number of carboxylic acid groups (broad SMARTS) is 1. The summed E-state index contributed by atoms with van der Waals surface area (Å²) in [7, 11) is 0. The molecule has 0 aliphatic rings. The lowest BCUT2D eigenvalue weighted by Crippen LogP contribution is -1.96. The summed E-state index contributed by atoms with van der Waals surface area (Å²) < 4.78 is 0. The summed E-state index contributed by atoms with van der Waals surface area (Å²) >= 11 is 3.08. The molecule has 5 nitrogen and oxygen atoms in total. The van der Waals surface area contributed by atoms with Gasteiger partial charge in [0.25, 0.3) is 0 Å². The summed E-state index contributed by atoms with van der Waals surface area (Å²) in [6, 6.07) is 5.34. The van der Waals surface area contributed by atoms with Crippen LogP contribution in [-0.4, -0.2) is 26.0 Å². The van der Waals surface area contributed by atoms with Crippen LogP contribution < -0.4 is 0 Å². The minimum Gasteiger partial charge on any atom is -0.478 e. The van der Waals surface area contributed by atoms with Gasteiger partial charge in [-0.05, 0) is 36.4 Å². The molecular weight excluding hydrogens is 306 g/mol. The predicted molar refractivity (Wildman–Crippen MR) is 82.1 cm³/mol. The quantitative estimate of drug-likeness (QED) is 0.742. The molecule has 3 aromatic rings. The largest absolute Gasteiger partial charge is 0.478 e. The Morgan fingerprint density at radius 1 is 1.33 bits per heavy atom. The van der Waals surface area contributed by atoms with Crippen molar-refractivity contribution in [2.75, 3.05) is 0 Å². The van der Waals surface area contributed by atoms with Crippen LogP contribution in [0.1, 0.15) is 22.2 Å². The van der Waals surface area contributed by atoms with Crippen LogP contribution >= 0.6 is 23.1 Å². The van der Waals surface area contributed by atoms with Gasteiger partial charge in [0, 0.05) is 16.5 Å². The molecule has 0 atom stereocenters. The van der Waals surface area contributed by atoms with Gasteiger partial charge >= 0.3 is 5.97 Å². The summed E-state index contributed by atoms with van der Waals surface area (Å²) in [5.41, 5.74) is 0.177. The maximum atomic E-state index is 10.8. The highest BCUT2D eigenvalue weighted by Crippen LogP contribution is 2.33. The minimum absolute atomic E-state index is 0.177. The first-order valence-corrected chi connectivity index (χ1v) is 7.91. The highest BCUT2D eigenvalue weighted by Gasteiger charge is 2.10. The van der Waals surface area contributed by atoms with E-state index in [4.69, 9.17) is 5.11 Å². The van der Waals surface area contributed by atoms with Crippen molar-refractivity contribution in [3.63, 3.8) is 0 Å². The number of rotatable bonds is 4. The molecule has 3 heterocycles. The van der Waals surface area contributed by atoms with E-state index in [2.05, 4.69) is 27.9 Å². The lowest BCUT2D eigenvalue weighted by atomic mass is 10.3. The van der Waals surface area contributed by atoms with E-state index in [1.54, 1.807) is 29.8 Å². The maximum Gasteiger partial charge on any atom is 0.337 e. The summed E-state index contributed by atoms with van der Waals surface area (Å²) in [5, 5.41) is 11.4. The average Bonchev–Trinajstić information content (AvgIpc) is 2.92. The third kappa shape index (κ3) is 2.88. The Labute approximate surface area is 129 Å². The maximum absolute atomic E-state index is 10.8. The predicted octanol–water partition coefficient (Wildman–Crippen LogP) is 3.50. The van der Waals surface area contributed by atoms with Gasteiger partial charge in [0.15, 0.2) is 0 Å². The first-order chi connectivity index (χ1) is 10.2. The number of nitrogens with zero attached hydrogens (tertiary/aromatic N) is 3. The van der Waals surface area contributed by atoms with Crippen LogP contribution in [0.4, 0.5) is 0 Å². The Morgan fingerprint density at radius 3 is 2.86 bits per heavy atom. The van der Waals surface area contributed by atoms with Gasteiger partial charge < -0.3 is 5.11 Å². The molecule has 106 valence electrons. The molecule has 0 unspecified atom stereocenters. The number of hydrogen-bond donors (Lipinski definition) is 1. The Bertz CT molecular complexity index is 800. The first kappa shape index (κ1) is 14.0. The van der Waals surface area contributed by atoms with Crippen molar-refractivity contribution in [3.05, 3.63) is 41.2 Å². The molecule has 0 radical (unpaired) electrons. The third-order valence-electron chi connectivity index (χ3n) is 2.88. The molecule has 1 N–H and O–H groups in total. The van der Waals surface area contributed by atoms with E-state index < -0.39 is 5.97 Å². The molecule has 0 spiro atoms. The fourth-order valence-corrected chi connectivity index (χ4v) is 3.61. The van der Waals surface area contributed by atoms with Crippen LogP contribution in [0, 0.1) is 0 Å². The second kappa shape index (κ2) is 5.79. The van der Waals surface area contributed by atoms with Crippen molar-refractivity contribution in [3.8, 4) is 0 Å². The third-order valence-corrected chi connectivity index (χ3v) is 5.03. The van der Waals surface area contributed by atoms with Gasteiger partial charge in [-0.3, -0.25) is 0 Å². The monoisotopic (exact) mass is 317 g/mol. The number of carboxylic acids is 1. The molecule has 3 aromatic heterocycles. The molecule has 7 heteroatoms. The number of aromatic carboxylic acids is 1. The fraction of sp³-hybridized carbons (Fsp3) is 0.143. The zero-order valence-corrected chi connectivity index (χ0v) is 12.7. The van der Waals surface area contributed by atoms with E-state index in [1.807, 2.05) is 0 Å². The molecule has 0 saturated carbocycles. The van der Waals surface area contributed by atoms with Crippen LogP contribution in [0.5, 0.6) is 0 Å². The van der Waals surface area contributed by atoms with Crippen LogP contribution in [0.2, 0.25) is 0 Å². The molecule has 0 aliphatic heterocycles. The molecule has 0 aromatic carbocycles. The van der Waals surface area contributed by atoms with Gasteiger partial charge in [0.1, 0.15) is 21.2 Å². The van der Waals surface area contributed by atoms with Crippen molar-refractivity contribution in [1.29, 1.82) is 0 Å². The number of carbonyl (C=O) groups is 1. The standard InChI is InChI=1S/C14H11N3O2S2/c1-2-9-5-10-12(20-9)16-7-17-13(10)21-11-4-3-8(6-15-11)14(18)19/h3-7H,2H2,1H3,(H,18,19). The minimum atomic E-state index is -0.978. The van der Waals surface area contributed by atoms with Gasteiger partial charge in [-0.15, -0.1) is 11.3 Å². The SMILES string of the molecule is CCc1cc2c(Sc3ccc(C(=O)O)cn3)ncnc2s1. The Balaban J connectivity index is 1.93. The Kier molecular flexibility index (Phi) is 3.85. The summed E-state index contributed by atoms with van der Waals surface area (Å²) in [6.45, 7) is 2.11. The summed E-state index contributed by atoms with van der Waals surface area (Å²) in [6.07, 6.45) is 3.87. The van der Waals surface area contributed by atoms with Crippen molar-refractivity contribution in [2.45, 2.75) is 23.4 Å². The van der Waals surface area contributed by atoms with E-state index in [1.165, 1.54) is 22.8 Å². The first-order valence-electron chi connectivity index (χ1n) is 6.28. The highest BCUT2D eigenvalue weighted by molar-refractivity contribution is 7.99. The summed E-state index contributed by atoms with van der Waals surface area (Å²) in [5.74, 6) is -0.978. The zero-order chi connectivity index (χ0) is 14.8. The van der Waals surface area contributed by atoms with Crippen molar-refractivity contribution in [1.82, 2.24) is 15.0 Å². The molecular formula is C14H11N3O2S2. The second-order valence-electron chi connectivity index (χ2n) is 4.26. The molecule has 21 heavy (non-hydrogen) atoms. The Morgan fingerprint density at radius 2 is 2.19 bits per heavy atom. The summed E-state index contributed by atoms with van der Waals surface area (Å²) in [4.78, 5) is 25.8. The van der Waals surface area contributed by atoms with Crippen molar-refractivity contribution in [2.24, 2.45) is 0 Å². The van der Waals surface area contributed by atoms with Gasteiger partial charge in [0.2, 0.25) is 0 Å². The number of pyridine rings is 1. The molecule has 0 bridgehead atoms.